The number of ether oxygens (including phenoxy) is 1. The lowest BCUT2D eigenvalue weighted by Crippen LogP contribution is -2.30. The van der Waals surface area contributed by atoms with Crippen molar-refractivity contribution >= 4 is 5.69 Å². The largest absolute Gasteiger partial charge is 0.488 e. The first-order valence-corrected chi connectivity index (χ1v) is 6.36. The summed E-state index contributed by atoms with van der Waals surface area (Å²) in [5, 5.41) is 20.4. The highest BCUT2D eigenvalue weighted by atomic mass is 19.1. The maximum Gasteiger partial charge on any atom is 0.305 e. The predicted octanol–water partition coefficient (Wildman–Crippen LogP) is 2.81. The second kappa shape index (κ2) is 5.97. The van der Waals surface area contributed by atoms with E-state index in [1.54, 1.807) is 0 Å². The Morgan fingerprint density at radius 2 is 2.05 bits per heavy atom. The van der Waals surface area contributed by atoms with Gasteiger partial charge >= 0.3 is 5.69 Å². The van der Waals surface area contributed by atoms with Gasteiger partial charge in [-0.1, -0.05) is 12.8 Å². The third-order valence-corrected chi connectivity index (χ3v) is 3.32. The molecular weight excluding hydrogens is 253 g/mol. The van der Waals surface area contributed by atoms with Crippen molar-refractivity contribution in [2.45, 2.75) is 44.3 Å². The molecule has 0 spiro atoms. The first-order chi connectivity index (χ1) is 9.08. The maximum absolute atomic E-state index is 13.4. The lowest BCUT2D eigenvalue weighted by atomic mass is 10.1. The van der Waals surface area contributed by atoms with Gasteiger partial charge in [0.15, 0.2) is 0 Å². The highest BCUT2D eigenvalue weighted by molar-refractivity contribution is 5.38. The molecule has 0 amide bonds. The number of nitrogens with zero attached hydrogens (tertiary/aromatic N) is 1. The second-order valence-electron chi connectivity index (χ2n) is 4.73. The molecule has 1 aromatic carbocycles. The SMILES string of the molecule is O=[N+]([O-])c1ccc(OC2CCCCCC2O)cc1F. The number of aliphatic hydroxyl groups is 1. The summed E-state index contributed by atoms with van der Waals surface area (Å²) in [5.41, 5.74) is -0.575. The van der Waals surface area contributed by atoms with Crippen LogP contribution in [-0.4, -0.2) is 22.2 Å². The highest BCUT2D eigenvalue weighted by Crippen LogP contribution is 2.26. The number of hydrogen-bond donors (Lipinski definition) is 1. The van der Waals surface area contributed by atoms with Gasteiger partial charge in [-0.05, 0) is 25.3 Å². The van der Waals surface area contributed by atoms with Crippen LogP contribution < -0.4 is 4.74 Å². The molecule has 2 rings (SSSR count). The van der Waals surface area contributed by atoms with E-state index in [0.717, 1.165) is 31.4 Å². The molecule has 0 aliphatic heterocycles. The van der Waals surface area contributed by atoms with Crippen LogP contribution in [0.2, 0.25) is 0 Å². The zero-order chi connectivity index (χ0) is 13.8. The summed E-state index contributed by atoms with van der Waals surface area (Å²) in [7, 11) is 0. The summed E-state index contributed by atoms with van der Waals surface area (Å²) in [6.45, 7) is 0. The van der Waals surface area contributed by atoms with Crippen molar-refractivity contribution in [1.29, 1.82) is 0 Å². The van der Waals surface area contributed by atoms with E-state index in [-0.39, 0.29) is 11.9 Å². The molecule has 5 nitrogen and oxygen atoms in total. The van der Waals surface area contributed by atoms with Gasteiger partial charge in [-0.2, -0.15) is 4.39 Å². The summed E-state index contributed by atoms with van der Waals surface area (Å²) in [6.07, 6.45) is 3.39. The minimum atomic E-state index is -0.925. The molecule has 6 heteroatoms. The molecule has 0 saturated heterocycles. The molecule has 1 N–H and O–H groups in total. The minimum absolute atomic E-state index is 0.217. The van der Waals surface area contributed by atoms with Gasteiger partial charge < -0.3 is 9.84 Å². The summed E-state index contributed by atoms with van der Waals surface area (Å²) in [5.74, 6) is -0.709. The normalized spacial score (nSPS) is 23.7. The van der Waals surface area contributed by atoms with Crippen LogP contribution in [-0.2, 0) is 0 Å². The Hall–Kier alpha value is -1.69. The van der Waals surface area contributed by atoms with Crippen molar-refractivity contribution in [2.24, 2.45) is 0 Å². The van der Waals surface area contributed by atoms with Gasteiger partial charge in [-0.25, -0.2) is 0 Å². The van der Waals surface area contributed by atoms with Crippen LogP contribution in [0, 0.1) is 15.9 Å². The quantitative estimate of drug-likeness (QED) is 0.520. The molecule has 1 saturated carbocycles. The lowest BCUT2D eigenvalue weighted by molar-refractivity contribution is -0.387. The van der Waals surface area contributed by atoms with E-state index < -0.39 is 22.5 Å². The number of benzene rings is 1. The molecule has 2 atom stereocenters. The number of nitro benzene ring substituents is 1. The second-order valence-corrected chi connectivity index (χ2v) is 4.73. The lowest BCUT2D eigenvalue weighted by Gasteiger charge is -2.21. The minimum Gasteiger partial charge on any atom is -0.488 e. The molecule has 1 fully saturated rings. The highest BCUT2D eigenvalue weighted by Gasteiger charge is 2.24. The molecular formula is C13H16FNO4. The van der Waals surface area contributed by atoms with Gasteiger partial charge in [0.2, 0.25) is 5.82 Å². The third kappa shape index (κ3) is 3.41. The van der Waals surface area contributed by atoms with E-state index in [2.05, 4.69) is 0 Å². The Bertz CT molecular complexity index is 466. The van der Waals surface area contributed by atoms with E-state index in [0.29, 0.717) is 12.8 Å². The van der Waals surface area contributed by atoms with E-state index in [1.165, 1.54) is 6.07 Å². The summed E-state index contributed by atoms with van der Waals surface area (Å²) < 4.78 is 19.0. The maximum atomic E-state index is 13.4. The first-order valence-electron chi connectivity index (χ1n) is 6.36. The standard InChI is InChI=1S/C13H16FNO4/c14-10-8-9(6-7-11(10)15(17)18)19-13-5-3-1-2-4-12(13)16/h6-8,12-13,16H,1-5H2. The third-order valence-electron chi connectivity index (χ3n) is 3.32. The Labute approximate surface area is 110 Å². The number of halogens is 1. The fourth-order valence-corrected chi connectivity index (χ4v) is 2.28. The molecule has 1 aromatic rings. The van der Waals surface area contributed by atoms with E-state index >= 15 is 0 Å². The summed E-state index contributed by atoms with van der Waals surface area (Å²) in [4.78, 5) is 9.73. The molecule has 0 radical (unpaired) electrons. The Morgan fingerprint density at radius 3 is 2.74 bits per heavy atom. The number of hydrogen-bond acceptors (Lipinski definition) is 4. The summed E-state index contributed by atoms with van der Waals surface area (Å²) in [6, 6.07) is 3.43. The summed E-state index contributed by atoms with van der Waals surface area (Å²) >= 11 is 0. The van der Waals surface area contributed by atoms with Gasteiger partial charge in [0, 0.05) is 12.1 Å². The van der Waals surface area contributed by atoms with Crippen LogP contribution in [0.5, 0.6) is 5.75 Å². The van der Waals surface area contributed by atoms with Crippen LogP contribution in [0.25, 0.3) is 0 Å². The van der Waals surface area contributed by atoms with Crippen LogP contribution in [0.4, 0.5) is 10.1 Å². The van der Waals surface area contributed by atoms with E-state index in [9.17, 15) is 19.6 Å². The van der Waals surface area contributed by atoms with Gasteiger partial charge in [0.1, 0.15) is 11.9 Å². The van der Waals surface area contributed by atoms with Gasteiger partial charge in [0.25, 0.3) is 0 Å². The van der Waals surface area contributed by atoms with Gasteiger partial charge in [-0.15, -0.1) is 0 Å². The smallest absolute Gasteiger partial charge is 0.305 e. The van der Waals surface area contributed by atoms with Gasteiger partial charge in [0.05, 0.1) is 11.0 Å². The fraction of sp³-hybridized carbons (Fsp3) is 0.538. The van der Waals surface area contributed by atoms with Crippen LogP contribution in [0.1, 0.15) is 32.1 Å². The topological polar surface area (TPSA) is 72.6 Å². The van der Waals surface area contributed by atoms with Crippen LogP contribution in [0.3, 0.4) is 0 Å². The Balaban J connectivity index is 2.10. The molecule has 104 valence electrons. The number of aliphatic hydroxyl groups excluding tert-OH is 1. The molecule has 0 aromatic heterocycles. The van der Waals surface area contributed by atoms with Crippen molar-refractivity contribution in [3.8, 4) is 5.75 Å². The first kappa shape index (κ1) is 13.7. The number of nitro groups is 1. The van der Waals surface area contributed by atoms with Crippen molar-refractivity contribution in [3.05, 3.63) is 34.1 Å². The number of rotatable bonds is 3. The average Bonchev–Trinajstić information content (AvgIpc) is 2.55. The molecule has 0 bridgehead atoms. The zero-order valence-electron chi connectivity index (χ0n) is 10.4. The average molecular weight is 269 g/mol. The molecule has 1 aliphatic rings. The fourth-order valence-electron chi connectivity index (χ4n) is 2.28. The Kier molecular flexibility index (Phi) is 4.31. The van der Waals surface area contributed by atoms with Gasteiger partial charge in [-0.3, -0.25) is 10.1 Å². The van der Waals surface area contributed by atoms with Crippen molar-refractivity contribution in [3.63, 3.8) is 0 Å². The molecule has 1 aliphatic carbocycles. The van der Waals surface area contributed by atoms with Crippen molar-refractivity contribution < 1.29 is 19.2 Å². The molecule has 19 heavy (non-hydrogen) atoms. The zero-order valence-corrected chi connectivity index (χ0v) is 10.4. The van der Waals surface area contributed by atoms with Crippen LogP contribution in [0.15, 0.2) is 18.2 Å². The molecule has 2 unspecified atom stereocenters. The predicted molar refractivity (Wildman–Crippen MR) is 66.6 cm³/mol. The van der Waals surface area contributed by atoms with Crippen molar-refractivity contribution in [2.75, 3.05) is 0 Å². The molecule has 0 heterocycles. The van der Waals surface area contributed by atoms with Crippen LogP contribution >= 0.6 is 0 Å². The Morgan fingerprint density at radius 1 is 1.32 bits per heavy atom. The van der Waals surface area contributed by atoms with Crippen molar-refractivity contribution in [1.82, 2.24) is 0 Å². The monoisotopic (exact) mass is 269 g/mol. The van der Waals surface area contributed by atoms with E-state index in [4.69, 9.17) is 4.74 Å². The van der Waals surface area contributed by atoms with E-state index in [1.807, 2.05) is 0 Å².